The van der Waals surface area contributed by atoms with Crippen LogP contribution in [0.5, 0.6) is 0 Å². The van der Waals surface area contributed by atoms with Gasteiger partial charge in [0.05, 0.1) is 19.6 Å². The van der Waals surface area contributed by atoms with Crippen LogP contribution in [0, 0.1) is 5.92 Å². The molecule has 2 amide bonds. The van der Waals surface area contributed by atoms with Crippen LogP contribution in [0.1, 0.15) is 52.4 Å². The van der Waals surface area contributed by atoms with Crippen LogP contribution in [0.3, 0.4) is 0 Å². The molecule has 27 heavy (non-hydrogen) atoms. The largest absolute Gasteiger partial charge is 0.465 e. The Bertz CT molecular complexity index is 559. The number of nitrogens with one attached hydrogen (secondary N) is 2. The van der Waals surface area contributed by atoms with E-state index in [0.717, 1.165) is 19.3 Å². The Morgan fingerprint density at radius 2 is 2.19 bits per heavy atom. The van der Waals surface area contributed by atoms with Gasteiger partial charge in [-0.25, -0.2) is 0 Å². The first-order valence-corrected chi connectivity index (χ1v) is 10.1. The number of hydrogen-bond acceptors (Lipinski definition) is 5. The van der Waals surface area contributed by atoms with Gasteiger partial charge >= 0.3 is 5.97 Å². The van der Waals surface area contributed by atoms with E-state index in [1.54, 1.807) is 4.90 Å². The maximum absolute atomic E-state index is 12.3. The highest BCUT2D eigenvalue weighted by atomic mass is 16.5. The highest BCUT2D eigenvalue weighted by Gasteiger charge is 2.33. The predicted molar refractivity (Wildman–Crippen MR) is 103 cm³/mol. The summed E-state index contributed by atoms with van der Waals surface area (Å²) in [7, 11) is 0. The fourth-order valence-corrected chi connectivity index (χ4v) is 3.38. The Labute approximate surface area is 161 Å². The van der Waals surface area contributed by atoms with E-state index in [-0.39, 0.29) is 30.7 Å². The summed E-state index contributed by atoms with van der Waals surface area (Å²) in [5.41, 5.74) is 1.42. The van der Waals surface area contributed by atoms with Crippen molar-refractivity contribution in [3.05, 3.63) is 11.6 Å². The van der Waals surface area contributed by atoms with Crippen LogP contribution in [-0.4, -0.2) is 61.5 Å². The minimum atomic E-state index is -0.648. The second-order valence-corrected chi connectivity index (χ2v) is 7.77. The van der Waals surface area contributed by atoms with Crippen LogP contribution in [0.2, 0.25) is 0 Å². The zero-order valence-electron chi connectivity index (χ0n) is 16.6. The van der Waals surface area contributed by atoms with Crippen LogP contribution in [0.25, 0.3) is 0 Å². The number of hydrogen-bond donors (Lipinski definition) is 2. The van der Waals surface area contributed by atoms with Crippen molar-refractivity contribution in [1.82, 2.24) is 15.5 Å². The average molecular weight is 380 g/mol. The number of allylic oxidation sites excluding steroid dienone is 1. The number of ether oxygens (including phenoxy) is 1. The smallest absolute Gasteiger partial charge is 0.307 e. The molecule has 1 unspecified atom stereocenters. The van der Waals surface area contributed by atoms with Crippen molar-refractivity contribution in [2.75, 3.05) is 32.8 Å². The lowest BCUT2D eigenvalue weighted by Gasteiger charge is -2.33. The summed E-state index contributed by atoms with van der Waals surface area (Å²) in [4.78, 5) is 38.2. The lowest BCUT2D eigenvalue weighted by Crippen LogP contribution is -2.58. The van der Waals surface area contributed by atoms with E-state index >= 15 is 0 Å². The molecular weight excluding hydrogens is 346 g/mol. The van der Waals surface area contributed by atoms with Crippen molar-refractivity contribution in [3.63, 3.8) is 0 Å². The van der Waals surface area contributed by atoms with E-state index in [0.29, 0.717) is 26.2 Å². The van der Waals surface area contributed by atoms with Crippen LogP contribution < -0.4 is 10.6 Å². The summed E-state index contributed by atoms with van der Waals surface area (Å²) in [5, 5.41) is 5.70. The molecule has 0 bridgehead atoms. The third kappa shape index (κ3) is 7.71. The van der Waals surface area contributed by atoms with Gasteiger partial charge in [-0.3, -0.25) is 19.3 Å². The van der Waals surface area contributed by atoms with Crippen LogP contribution in [0.4, 0.5) is 0 Å². The molecule has 1 aliphatic heterocycles. The zero-order valence-corrected chi connectivity index (χ0v) is 16.6. The average Bonchev–Trinajstić information content (AvgIpc) is 2.64. The molecule has 7 nitrogen and oxygen atoms in total. The second-order valence-electron chi connectivity index (χ2n) is 7.77. The molecule has 0 spiro atoms. The molecule has 0 saturated carbocycles. The first kappa shape index (κ1) is 21.4. The van der Waals surface area contributed by atoms with Crippen molar-refractivity contribution < 1.29 is 19.1 Å². The van der Waals surface area contributed by atoms with Gasteiger partial charge in [0.15, 0.2) is 0 Å². The summed E-state index contributed by atoms with van der Waals surface area (Å²) >= 11 is 0. The standard InChI is InChI=1S/C20H33N3O4/c1-15(2)14-27-19(25)12-17-20(26)22-10-11-23(17)13-18(24)21-9-8-16-6-4-3-5-7-16/h6,15,17H,3-5,7-14H2,1-2H3,(H,21,24)(H,22,26). The van der Waals surface area contributed by atoms with Crippen molar-refractivity contribution >= 4 is 17.8 Å². The fourth-order valence-electron chi connectivity index (χ4n) is 3.38. The SMILES string of the molecule is CC(C)COC(=O)CC1C(=O)NCCN1CC(=O)NCCC1=CCCCC1. The lowest BCUT2D eigenvalue weighted by atomic mass is 9.97. The monoisotopic (exact) mass is 379 g/mol. The molecule has 0 radical (unpaired) electrons. The van der Waals surface area contributed by atoms with Crippen molar-refractivity contribution in [2.45, 2.75) is 58.4 Å². The molecule has 0 aromatic heterocycles. The third-order valence-corrected chi connectivity index (χ3v) is 4.88. The van der Waals surface area contributed by atoms with Gasteiger partial charge in [-0.1, -0.05) is 25.5 Å². The molecule has 0 aromatic rings. The molecule has 2 N–H and O–H groups in total. The fraction of sp³-hybridized carbons (Fsp3) is 0.750. The number of esters is 1. The Hall–Kier alpha value is -1.89. The van der Waals surface area contributed by atoms with E-state index in [1.807, 2.05) is 13.8 Å². The van der Waals surface area contributed by atoms with E-state index in [4.69, 9.17) is 4.74 Å². The second kappa shape index (κ2) is 11.1. The molecule has 2 rings (SSSR count). The first-order valence-electron chi connectivity index (χ1n) is 10.1. The molecule has 1 heterocycles. The quantitative estimate of drug-likeness (QED) is 0.467. The molecule has 0 aromatic carbocycles. The summed E-state index contributed by atoms with van der Waals surface area (Å²) in [5.74, 6) is -0.486. The maximum Gasteiger partial charge on any atom is 0.307 e. The van der Waals surface area contributed by atoms with Gasteiger partial charge in [0.1, 0.15) is 6.04 Å². The van der Waals surface area contributed by atoms with E-state index < -0.39 is 12.0 Å². The van der Waals surface area contributed by atoms with Crippen molar-refractivity contribution in [1.29, 1.82) is 0 Å². The van der Waals surface area contributed by atoms with Gasteiger partial charge in [-0.15, -0.1) is 0 Å². The summed E-state index contributed by atoms with van der Waals surface area (Å²) < 4.78 is 5.19. The van der Waals surface area contributed by atoms with Gasteiger partial charge in [-0.05, 0) is 38.0 Å². The Morgan fingerprint density at radius 1 is 1.37 bits per heavy atom. The molecule has 7 heteroatoms. The molecule has 1 aliphatic carbocycles. The van der Waals surface area contributed by atoms with E-state index in [1.165, 1.54) is 18.4 Å². The Morgan fingerprint density at radius 3 is 2.89 bits per heavy atom. The number of carbonyl (C=O) groups is 3. The summed E-state index contributed by atoms with van der Waals surface area (Å²) in [6.07, 6.45) is 7.90. The summed E-state index contributed by atoms with van der Waals surface area (Å²) in [6.45, 7) is 6.02. The predicted octanol–water partition coefficient (Wildman–Crippen LogP) is 1.38. The highest BCUT2D eigenvalue weighted by Crippen LogP contribution is 2.19. The topological polar surface area (TPSA) is 87.7 Å². The van der Waals surface area contributed by atoms with E-state index in [2.05, 4.69) is 16.7 Å². The minimum absolute atomic E-state index is 0.0290. The number of rotatable bonds is 9. The van der Waals surface area contributed by atoms with Crippen molar-refractivity contribution in [2.24, 2.45) is 5.92 Å². The van der Waals surface area contributed by atoms with Gasteiger partial charge in [-0.2, -0.15) is 0 Å². The minimum Gasteiger partial charge on any atom is -0.465 e. The van der Waals surface area contributed by atoms with E-state index in [9.17, 15) is 14.4 Å². The van der Waals surface area contributed by atoms with Crippen LogP contribution >= 0.6 is 0 Å². The van der Waals surface area contributed by atoms with Crippen LogP contribution in [0.15, 0.2) is 11.6 Å². The van der Waals surface area contributed by atoms with Crippen LogP contribution in [-0.2, 0) is 19.1 Å². The lowest BCUT2D eigenvalue weighted by molar-refractivity contribution is -0.150. The van der Waals surface area contributed by atoms with Gasteiger partial charge in [0.25, 0.3) is 0 Å². The number of piperazine rings is 1. The van der Waals surface area contributed by atoms with Crippen molar-refractivity contribution in [3.8, 4) is 0 Å². The van der Waals surface area contributed by atoms with Gasteiger partial charge in [0.2, 0.25) is 11.8 Å². The summed E-state index contributed by atoms with van der Waals surface area (Å²) in [6, 6.07) is -0.648. The third-order valence-electron chi connectivity index (χ3n) is 4.88. The molecule has 1 atom stereocenters. The number of carbonyl (C=O) groups excluding carboxylic acids is 3. The normalized spacial score (nSPS) is 20.8. The zero-order chi connectivity index (χ0) is 19.6. The number of amides is 2. The Balaban J connectivity index is 1.78. The molecule has 152 valence electrons. The highest BCUT2D eigenvalue weighted by molar-refractivity contribution is 5.88. The first-order chi connectivity index (χ1) is 13.0. The van der Waals surface area contributed by atoms with Gasteiger partial charge in [0, 0.05) is 19.6 Å². The molecule has 1 fully saturated rings. The number of nitrogens with zero attached hydrogens (tertiary/aromatic N) is 1. The molecule has 2 aliphatic rings. The molecular formula is C20H33N3O4. The Kier molecular flexibility index (Phi) is 8.78. The molecule has 1 saturated heterocycles. The van der Waals surface area contributed by atoms with Gasteiger partial charge < -0.3 is 15.4 Å². The maximum atomic E-state index is 12.3.